The molecule has 5 atom stereocenters. The van der Waals surface area contributed by atoms with Crippen molar-refractivity contribution in [2.24, 2.45) is 0 Å². The van der Waals surface area contributed by atoms with Gasteiger partial charge >= 0.3 is 0 Å². The van der Waals surface area contributed by atoms with E-state index in [1.165, 1.54) is 24.3 Å². The first-order valence-corrected chi connectivity index (χ1v) is 6.15. The third-order valence-corrected chi connectivity index (χ3v) is 3.15. The summed E-state index contributed by atoms with van der Waals surface area (Å²) in [6.45, 7) is -0.564. The van der Waals surface area contributed by atoms with E-state index in [1.54, 1.807) is 0 Å². The summed E-state index contributed by atoms with van der Waals surface area (Å²) in [6, 6.07) is 5.03. The predicted octanol–water partition coefficient (Wildman–Crippen LogP) is -1.23. The molecule has 21 heavy (non-hydrogen) atoms. The van der Waals surface area contributed by atoms with Crippen molar-refractivity contribution >= 4 is 5.69 Å². The minimum atomic E-state index is -1.54. The molecular weight excluding hydrogens is 286 g/mol. The molecule has 0 unspecified atom stereocenters. The second kappa shape index (κ2) is 6.33. The van der Waals surface area contributed by atoms with Gasteiger partial charge in [-0.15, -0.1) is 0 Å². The van der Waals surface area contributed by atoms with Crippen LogP contribution in [0.4, 0.5) is 5.69 Å². The van der Waals surface area contributed by atoms with Crippen molar-refractivity contribution in [3.8, 4) is 5.75 Å². The van der Waals surface area contributed by atoms with Crippen LogP contribution in [-0.2, 0) is 4.74 Å². The van der Waals surface area contributed by atoms with E-state index < -0.39 is 42.2 Å². The van der Waals surface area contributed by atoms with Crippen LogP contribution in [0.3, 0.4) is 0 Å². The maximum absolute atomic E-state index is 10.5. The average Bonchev–Trinajstić information content (AvgIpc) is 2.48. The van der Waals surface area contributed by atoms with Gasteiger partial charge in [0.25, 0.3) is 5.69 Å². The molecule has 0 aromatic heterocycles. The van der Waals surface area contributed by atoms with E-state index in [0.717, 1.165) is 0 Å². The SMILES string of the molecule is O=[N+]([O-])c1ccc(O[C@@H]2O[C@H](CO)[C@@H](O)[C@@H](O)[C@@H]2O)cc1. The molecule has 1 aromatic rings. The van der Waals surface area contributed by atoms with Gasteiger partial charge in [0.1, 0.15) is 30.2 Å². The number of hydrogen-bond donors (Lipinski definition) is 4. The van der Waals surface area contributed by atoms with Crippen molar-refractivity contribution in [2.45, 2.75) is 30.7 Å². The minimum absolute atomic E-state index is 0.129. The Balaban J connectivity index is 2.08. The molecule has 0 amide bonds. The number of nitro groups is 1. The molecule has 9 nitrogen and oxygen atoms in total. The van der Waals surface area contributed by atoms with E-state index in [-0.39, 0.29) is 11.4 Å². The second-order valence-corrected chi connectivity index (χ2v) is 4.57. The van der Waals surface area contributed by atoms with Crippen LogP contribution in [0.25, 0.3) is 0 Å². The third kappa shape index (κ3) is 3.28. The maximum Gasteiger partial charge on any atom is 0.269 e. The average molecular weight is 301 g/mol. The van der Waals surface area contributed by atoms with Gasteiger partial charge in [-0.1, -0.05) is 0 Å². The van der Waals surface area contributed by atoms with Crippen LogP contribution in [0.2, 0.25) is 0 Å². The van der Waals surface area contributed by atoms with E-state index in [0.29, 0.717) is 0 Å². The predicted molar refractivity (Wildman–Crippen MR) is 67.5 cm³/mol. The topological polar surface area (TPSA) is 143 Å². The molecule has 1 aliphatic heterocycles. The highest BCUT2D eigenvalue weighted by Gasteiger charge is 2.44. The summed E-state index contributed by atoms with van der Waals surface area (Å²) in [5.41, 5.74) is -0.129. The zero-order valence-corrected chi connectivity index (χ0v) is 10.8. The van der Waals surface area contributed by atoms with Crippen molar-refractivity contribution in [1.82, 2.24) is 0 Å². The highest BCUT2D eigenvalue weighted by atomic mass is 16.7. The number of rotatable bonds is 4. The van der Waals surface area contributed by atoms with Crippen LogP contribution >= 0.6 is 0 Å². The van der Waals surface area contributed by atoms with Crippen LogP contribution in [0, 0.1) is 10.1 Å². The molecule has 0 radical (unpaired) electrons. The molecule has 0 aliphatic carbocycles. The summed E-state index contributed by atoms with van der Waals surface area (Å²) < 4.78 is 10.4. The zero-order valence-electron chi connectivity index (χ0n) is 10.8. The fourth-order valence-electron chi connectivity index (χ4n) is 1.95. The van der Waals surface area contributed by atoms with Crippen LogP contribution in [0.1, 0.15) is 0 Å². The molecule has 2 rings (SSSR count). The number of nitro benzene ring substituents is 1. The highest BCUT2D eigenvalue weighted by Crippen LogP contribution is 2.25. The lowest BCUT2D eigenvalue weighted by molar-refractivity contribution is -0.384. The third-order valence-electron chi connectivity index (χ3n) is 3.15. The molecular formula is C12H15NO8. The summed E-state index contributed by atoms with van der Waals surface area (Å²) in [4.78, 5) is 9.95. The van der Waals surface area contributed by atoms with Crippen molar-refractivity contribution in [2.75, 3.05) is 6.61 Å². The van der Waals surface area contributed by atoms with Gasteiger partial charge < -0.3 is 29.9 Å². The first-order chi connectivity index (χ1) is 9.93. The molecule has 0 saturated carbocycles. The first-order valence-electron chi connectivity index (χ1n) is 6.15. The monoisotopic (exact) mass is 301 g/mol. The molecule has 1 fully saturated rings. The fourth-order valence-corrected chi connectivity index (χ4v) is 1.95. The Morgan fingerprint density at radius 1 is 1.14 bits per heavy atom. The van der Waals surface area contributed by atoms with Gasteiger partial charge in [0.15, 0.2) is 0 Å². The summed E-state index contributed by atoms with van der Waals surface area (Å²) in [7, 11) is 0. The fraction of sp³-hybridized carbons (Fsp3) is 0.500. The maximum atomic E-state index is 10.5. The van der Waals surface area contributed by atoms with Gasteiger partial charge in [-0.25, -0.2) is 0 Å². The molecule has 1 aromatic carbocycles. The Morgan fingerprint density at radius 2 is 1.76 bits per heavy atom. The van der Waals surface area contributed by atoms with Gasteiger partial charge in [0, 0.05) is 12.1 Å². The number of benzene rings is 1. The summed E-state index contributed by atoms with van der Waals surface area (Å²) in [5.74, 6) is 0.171. The second-order valence-electron chi connectivity index (χ2n) is 4.57. The summed E-state index contributed by atoms with van der Waals surface area (Å²) in [6.07, 6.45) is -6.94. The Kier molecular flexibility index (Phi) is 4.70. The lowest BCUT2D eigenvalue weighted by Crippen LogP contribution is -2.60. The largest absolute Gasteiger partial charge is 0.462 e. The van der Waals surface area contributed by atoms with Crippen LogP contribution in [-0.4, -0.2) is 62.7 Å². The van der Waals surface area contributed by atoms with Gasteiger partial charge in [-0.2, -0.15) is 0 Å². The number of non-ortho nitro benzene ring substituents is 1. The highest BCUT2D eigenvalue weighted by molar-refractivity contribution is 5.36. The zero-order chi connectivity index (χ0) is 15.6. The first kappa shape index (κ1) is 15.6. The number of aliphatic hydroxyl groups excluding tert-OH is 4. The standard InChI is InChI=1S/C12H15NO8/c14-5-8-9(15)10(16)11(17)12(21-8)20-7-3-1-6(2-4-7)13(18)19/h1-4,8-12,14-17H,5H2/t8-,9-,10-,11+,12-/m1/s1. The lowest BCUT2D eigenvalue weighted by atomic mass is 9.99. The van der Waals surface area contributed by atoms with Crippen LogP contribution in [0.5, 0.6) is 5.75 Å². The van der Waals surface area contributed by atoms with Crippen molar-refractivity contribution in [3.05, 3.63) is 34.4 Å². The van der Waals surface area contributed by atoms with Gasteiger partial charge in [-0.05, 0) is 12.1 Å². The van der Waals surface area contributed by atoms with E-state index in [4.69, 9.17) is 14.6 Å². The molecule has 116 valence electrons. The Labute approximate surface area is 119 Å². The Bertz CT molecular complexity index is 491. The molecule has 0 bridgehead atoms. The summed E-state index contributed by atoms with van der Waals surface area (Å²) >= 11 is 0. The normalized spacial score (nSPS) is 32.7. The van der Waals surface area contributed by atoms with Crippen LogP contribution in [0.15, 0.2) is 24.3 Å². The van der Waals surface area contributed by atoms with Crippen molar-refractivity contribution in [3.63, 3.8) is 0 Å². The van der Waals surface area contributed by atoms with Crippen molar-refractivity contribution in [1.29, 1.82) is 0 Å². The van der Waals surface area contributed by atoms with Crippen molar-refractivity contribution < 1.29 is 34.8 Å². The molecule has 1 aliphatic rings. The molecule has 1 saturated heterocycles. The number of nitrogens with zero attached hydrogens (tertiary/aromatic N) is 1. The van der Waals surface area contributed by atoms with E-state index in [1.807, 2.05) is 0 Å². The Morgan fingerprint density at radius 3 is 2.29 bits per heavy atom. The molecule has 4 N–H and O–H groups in total. The smallest absolute Gasteiger partial charge is 0.269 e. The number of ether oxygens (including phenoxy) is 2. The van der Waals surface area contributed by atoms with Gasteiger partial charge in [0.05, 0.1) is 11.5 Å². The van der Waals surface area contributed by atoms with Gasteiger partial charge in [-0.3, -0.25) is 10.1 Å². The minimum Gasteiger partial charge on any atom is -0.462 e. The molecule has 1 heterocycles. The number of aliphatic hydroxyl groups is 4. The molecule has 0 spiro atoms. The van der Waals surface area contributed by atoms with E-state index in [2.05, 4.69) is 0 Å². The molecule has 9 heteroatoms. The number of hydrogen-bond acceptors (Lipinski definition) is 8. The Hall–Kier alpha value is -1.78. The van der Waals surface area contributed by atoms with E-state index in [9.17, 15) is 25.4 Å². The summed E-state index contributed by atoms with van der Waals surface area (Å²) in [5, 5.41) is 48.6. The quantitative estimate of drug-likeness (QED) is 0.400. The van der Waals surface area contributed by atoms with E-state index >= 15 is 0 Å². The lowest BCUT2D eigenvalue weighted by Gasteiger charge is -2.39. The van der Waals surface area contributed by atoms with Crippen LogP contribution < -0.4 is 4.74 Å². The van der Waals surface area contributed by atoms with Gasteiger partial charge in [0.2, 0.25) is 6.29 Å².